The molecule has 158 valence electrons. The lowest BCUT2D eigenvalue weighted by Gasteiger charge is -2.64. The molecule has 5 atom stereocenters. The highest BCUT2D eigenvalue weighted by molar-refractivity contribution is 6.47. The third-order valence-corrected chi connectivity index (χ3v) is 7.53. The van der Waals surface area contributed by atoms with Crippen molar-refractivity contribution in [3.63, 3.8) is 0 Å². The van der Waals surface area contributed by atoms with Crippen molar-refractivity contribution in [1.82, 2.24) is 5.32 Å². The molecule has 29 heavy (non-hydrogen) atoms. The van der Waals surface area contributed by atoms with E-state index in [4.69, 9.17) is 19.8 Å². The quantitative estimate of drug-likeness (QED) is 0.687. The first-order valence-corrected chi connectivity index (χ1v) is 10.8. The highest BCUT2D eigenvalue weighted by Crippen LogP contribution is 2.65. The molecule has 4 aliphatic rings. The number of amides is 1. The Labute approximate surface area is 174 Å². The van der Waals surface area contributed by atoms with Crippen LogP contribution in [-0.4, -0.2) is 37.4 Å². The van der Waals surface area contributed by atoms with Crippen LogP contribution in [0.15, 0.2) is 30.3 Å². The first-order chi connectivity index (χ1) is 13.8. The molecule has 0 aromatic heterocycles. The van der Waals surface area contributed by atoms with Crippen molar-refractivity contribution in [2.45, 2.75) is 70.7 Å². The Morgan fingerprint density at radius 1 is 1.31 bits per heavy atom. The number of carbonyl (C=O) groups excluding carboxylic acids is 1. The van der Waals surface area contributed by atoms with Gasteiger partial charge in [0.05, 0.1) is 17.6 Å². The van der Waals surface area contributed by atoms with E-state index in [0.29, 0.717) is 24.8 Å². The third kappa shape index (κ3) is 3.80. The van der Waals surface area contributed by atoms with Gasteiger partial charge in [0.1, 0.15) is 6.61 Å². The first kappa shape index (κ1) is 20.7. The molecule has 5 rings (SSSR count). The number of ether oxygens (including phenoxy) is 1. The molecule has 1 aliphatic heterocycles. The normalized spacial score (nSPS) is 32.8. The van der Waals surface area contributed by atoms with Crippen LogP contribution in [0.3, 0.4) is 0 Å². The second-order valence-electron chi connectivity index (χ2n) is 9.58. The summed E-state index contributed by atoms with van der Waals surface area (Å²) in [7, 11) is -0.462. The predicted octanol–water partition coefficient (Wildman–Crippen LogP) is 3.29. The summed E-state index contributed by atoms with van der Waals surface area (Å²) in [5, 5.41) is 2.97. The zero-order valence-electron chi connectivity index (χ0n) is 17.7. The third-order valence-electron chi connectivity index (χ3n) is 7.53. The van der Waals surface area contributed by atoms with Gasteiger partial charge >= 0.3 is 13.2 Å². The minimum Gasteiger partial charge on any atom is -0.445 e. The van der Waals surface area contributed by atoms with Gasteiger partial charge in [-0.25, -0.2) is 4.79 Å². The van der Waals surface area contributed by atoms with E-state index in [1.807, 2.05) is 30.3 Å². The van der Waals surface area contributed by atoms with Crippen molar-refractivity contribution in [2.24, 2.45) is 23.0 Å². The van der Waals surface area contributed by atoms with E-state index in [-0.39, 0.29) is 29.7 Å². The van der Waals surface area contributed by atoms with Gasteiger partial charge in [0, 0.05) is 0 Å². The molecule has 3 aliphatic carbocycles. The molecule has 6 nitrogen and oxygen atoms in total. The molecule has 3 N–H and O–H groups in total. The van der Waals surface area contributed by atoms with Gasteiger partial charge in [-0.2, -0.15) is 0 Å². The molecular weight excluding hydrogens is 367 g/mol. The fraction of sp³-hybridized carbons (Fsp3) is 0.682. The summed E-state index contributed by atoms with van der Waals surface area (Å²) in [5.41, 5.74) is 6.67. The van der Waals surface area contributed by atoms with Crippen molar-refractivity contribution < 1.29 is 18.8 Å². The lowest BCUT2D eigenvalue weighted by Crippen LogP contribution is -2.65. The summed E-state index contributed by atoms with van der Waals surface area (Å²) in [4.78, 5) is 12.4. The van der Waals surface area contributed by atoms with Crippen LogP contribution >= 0.6 is 0 Å². The Kier molecular flexibility index (Phi) is 5.66. The van der Waals surface area contributed by atoms with Crippen LogP contribution in [0.4, 0.5) is 4.79 Å². The predicted molar refractivity (Wildman–Crippen MR) is 112 cm³/mol. The van der Waals surface area contributed by atoms with E-state index in [1.165, 1.54) is 6.42 Å². The van der Waals surface area contributed by atoms with Crippen LogP contribution in [0.1, 0.15) is 52.0 Å². The Balaban J connectivity index is 1.39. The minimum absolute atomic E-state index is 0.0896. The number of hydrogen-bond donors (Lipinski definition) is 2. The maximum Gasteiger partial charge on any atom is 0.481 e. The van der Waals surface area contributed by atoms with Gasteiger partial charge in [-0.3, -0.25) is 0 Å². The molecule has 0 radical (unpaired) electrons. The average molecular weight is 400 g/mol. The molecule has 1 amide bonds. The first-order valence-electron chi connectivity index (χ1n) is 10.8. The van der Waals surface area contributed by atoms with Crippen molar-refractivity contribution in [3.8, 4) is 0 Å². The molecule has 1 aromatic rings. The van der Waals surface area contributed by atoms with Crippen molar-refractivity contribution >= 4 is 13.2 Å². The number of hydrogen-bond acceptors (Lipinski definition) is 5. The van der Waals surface area contributed by atoms with Crippen LogP contribution in [0, 0.1) is 17.3 Å². The maximum atomic E-state index is 12.4. The summed E-state index contributed by atoms with van der Waals surface area (Å²) < 4.78 is 18.3. The standard InChI is InChI=1S/C22H33BN2O4/c1-21(2)16-12-17(21)22(3)18(13-16)28-23(29-22)19(10-7-11-24)25-20(26)27-14-15-8-5-4-6-9-15/h4-6,8-9,16-19H,7,10-14,24H2,1-3H3,(H,25,26)/t16-,17-,18+,19-,22-/m0/s1. The van der Waals surface area contributed by atoms with Gasteiger partial charge in [0.15, 0.2) is 0 Å². The number of carbonyl (C=O) groups is 1. The molecule has 3 saturated carbocycles. The number of nitrogens with one attached hydrogen (secondary N) is 1. The molecule has 1 aromatic carbocycles. The van der Waals surface area contributed by atoms with Crippen LogP contribution in [0.2, 0.25) is 0 Å². The fourth-order valence-electron chi connectivity index (χ4n) is 5.60. The second-order valence-corrected chi connectivity index (χ2v) is 9.58. The zero-order valence-corrected chi connectivity index (χ0v) is 17.7. The average Bonchev–Trinajstić information content (AvgIpc) is 3.07. The van der Waals surface area contributed by atoms with Gasteiger partial charge in [-0.15, -0.1) is 0 Å². The summed E-state index contributed by atoms with van der Waals surface area (Å²) in [6.07, 6.45) is 3.35. The Hall–Kier alpha value is -1.57. The van der Waals surface area contributed by atoms with Crippen LogP contribution in [0.25, 0.3) is 0 Å². The van der Waals surface area contributed by atoms with Crippen molar-refractivity contribution in [2.75, 3.05) is 6.54 Å². The van der Waals surface area contributed by atoms with Gasteiger partial charge in [0.2, 0.25) is 0 Å². The highest BCUT2D eigenvalue weighted by Gasteiger charge is 2.68. The van der Waals surface area contributed by atoms with Gasteiger partial charge in [0.25, 0.3) is 0 Å². The van der Waals surface area contributed by atoms with Crippen LogP contribution < -0.4 is 11.1 Å². The Morgan fingerprint density at radius 3 is 2.76 bits per heavy atom. The molecule has 4 fully saturated rings. The molecule has 7 heteroatoms. The van der Waals surface area contributed by atoms with Crippen molar-refractivity contribution in [1.29, 1.82) is 0 Å². The second kappa shape index (κ2) is 7.93. The van der Waals surface area contributed by atoms with E-state index in [9.17, 15) is 4.79 Å². The molecule has 1 saturated heterocycles. The van der Waals surface area contributed by atoms with E-state index in [0.717, 1.165) is 18.4 Å². The minimum atomic E-state index is -0.462. The van der Waals surface area contributed by atoms with E-state index in [2.05, 4.69) is 26.1 Å². The van der Waals surface area contributed by atoms with Crippen molar-refractivity contribution in [3.05, 3.63) is 35.9 Å². The lowest BCUT2D eigenvalue weighted by atomic mass is 9.43. The van der Waals surface area contributed by atoms with Crippen LogP contribution in [0.5, 0.6) is 0 Å². The van der Waals surface area contributed by atoms with Gasteiger partial charge < -0.3 is 25.1 Å². The van der Waals surface area contributed by atoms with E-state index < -0.39 is 13.2 Å². The molecule has 2 bridgehead atoms. The fourth-order valence-corrected chi connectivity index (χ4v) is 5.60. The summed E-state index contributed by atoms with van der Waals surface area (Å²) in [6, 6.07) is 9.65. The smallest absolute Gasteiger partial charge is 0.445 e. The Morgan fingerprint density at radius 2 is 2.07 bits per heavy atom. The van der Waals surface area contributed by atoms with Gasteiger partial charge in [-0.05, 0) is 62.0 Å². The Bertz CT molecular complexity index is 731. The molecule has 0 unspecified atom stereocenters. The molecular formula is C22H33BN2O4. The van der Waals surface area contributed by atoms with Gasteiger partial charge in [-0.1, -0.05) is 44.2 Å². The van der Waals surface area contributed by atoms with E-state index in [1.54, 1.807) is 0 Å². The van der Waals surface area contributed by atoms with E-state index >= 15 is 0 Å². The maximum absolute atomic E-state index is 12.4. The SMILES string of the molecule is CC1(C)[C@@H]2C[C@H]3OB([C@H](CCCN)NC(=O)OCc4ccccc4)O[C@@]3(C)[C@H]1C2. The lowest BCUT2D eigenvalue weighted by molar-refractivity contribution is -0.199. The monoisotopic (exact) mass is 400 g/mol. The summed E-state index contributed by atoms with van der Waals surface area (Å²) >= 11 is 0. The summed E-state index contributed by atoms with van der Waals surface area (Å²) in [5.74, 6) is 0.910. The topological polar surface area (TPSA) is 82.8 Å². The van der Waals surface area contributed by atoms with Crippen LogP contribution in [-0.2, 0) is 20.7 Å². The highest BCUT2D eigenvalue weighted by atomic mass is 16.7. The summed E-state index contributed by atoms with van der Waals surface area (Å²) in [6.45, 7) is 7.67. The number of benzene rings is 1. The zero-order chi connectivity index (χ0) is 20.6. The molecule has 0 spiro atoms. The molecule has 1 heterocycles. The number of nitrogens with two attached hydrogens (primary N) is 1. The number of alkyl carbamates (subject to hydrolysis) is 1. The number of rotatable bonds is 7. The largest absolute Gasteiger partial charge is 0.481 e.